The van der Waals surface area contributed by atoms with Crippen LogP contribution in [0.2, 0.25) is 0 Å². The van der Waals surface area contributed by atoms with E-state index in [-0.39, 0.29) is 17.2 Å². The van der Waals surface area contributed by atoms with Crippen molar-refractivity contribution in [1.82, 2.24) is 20.1 Å². The number of methoxy groups -OCH3 is 2. The van der Waals surface area contributed by atoms with Crippen LogP contribution < -0.4 is 20.7 Å². The number of amides is 1. The topological polar surface area (TPSA) is 135 Å². The highest BCUT2D eigenvalue weighted by atomic mass is 19.1. The number of aromatic nitrogens is 3. The van der Waals surface area contributed by atoms with Gasteiger partial charge in [0.15, 0.2) is 17.5 Å². The van der Waals surface area contributed by atoms with Crippen LogP contribution in [0.3, 0.4) is 0 Å². The number of nitrogens with one attached hydrogen (secondary N) is 3. The van der Waals surface area contributed by atoms with Crippen LogP contribution in [-0.4, -0.2) is 53.3 Å². The predicted molar refractivity (Wildman–Crippen MR) is 162 cm³/mol. The van der Waals surface area contributed by atoms with Gasteiger partial charge in [-0.2, -0.15) is 10.4 Å². The van der Waals surface area contributed by atoms with E-state index in [0.29, 0.717) is 24.6 Å². The maximum absolute atomic E-state index is 15.4. The zero-order valence-electron chi connectivity index (χ0n) is 25.1. The number of nitrogens with zero attached hydrogens (tertiary/aromatic N) is 4. The number of carbonyl (C=O) groups is 1. The Morgan fingerprint density at radius 3 is 2.51 bits per heavy atom. The van der Waals surface area contributed by atoms with E-state index >= 15 is 4.39 Å². The zero-order chi connectivity index (χ0) is 31.1. The van der Waals surface area contributed by atoms with Gasteiger partial charge in [-0.05, 0) is 69.7 Å². The van der Waals surface area contributed by atoms with Crippen molar-refractivity contribution in [2.45, 2.75) is 51.9 Å². The number of halogens is 1. The Bertz CT molecular complexity index is 1610. The lowest BCUT2D eigenvalue weighted by molar-refractivity contribution is 0.0503. The van der Waals surface area contributed by atoms with Gasteiger partial charge < -0.3 is 30.2 Å². The average molecular weight is 590 g/mol. The number of hydrogen-bond donors (Lipinski definition) is 3. The fourth-order valence-corrected chi connectivity index (χ4v) is 4.46. The van der Waals surface area contributed by atoms with Crippen LogP contribution in [0.25, 0.3) is 10.9 Å². The highest BCUT2D eigenvalue weighted by Crippen LogP contribution is 2.30. The van der Waals surface area contributed by atoms with Gasteiger partial charge in [-0.25, -0.2) is 14.2 Å². The SMILES string of the molecule is COCCn1ncc2cc(Nc3nc(N[C@H](c4ccc(OC)cc4)[C@H](C)NC(=O)OC(C)(C)C)c(F)cc3C#N)ccc21. The van der Waals surface area contributed by atoms with Crippen LogP contribution in [-0.2, 0) is 16.0 Å². The minimum atomic E-state index is -0.722. The quantitative estimate of drug-likeness (QED) is 0.195. The van der Waals surface area contributed by atoms with Gasteiger partial charge >= 0.3 is 6.09 Å². The summed E-state index contributed by atoms with van der Waals surface area (Å²) in [6, 6.07) is 14.7. The number of anilines is 3. The van der Waals surface area contributed by atoms with Gasteiger partial charge in [0.25, 0.3) is 0 Å². The summed E-state index contributed by atoms with van der Waals surface area (Å²) >= 11 is 0. The summed E-state index contributed by atoms with van der Waals surface area (Å²) in [5.74, 6) is -0.0158. The van der Waals surface area contributed by atoms with E-state index in [1.165, 1.54) is 0 Å². The van der Waals surface area contributed by atoms with Crippen molar-refractivity contribution in [3.8, 4) is 11.8 Å². The molecule has 2 aromatic heterocycles. The Morgan fingerprint density at radius 1 is 1.12 bits per heavy atom. The third-order valence-corrected chi connectivity index (χ3v) is 6.52. The maximum atomic E-state index is 15.4. The van der Waals surface area contributed by atoms with Crippen molar-refractivity contribution < 1.29 is 23.4 Å². The van der Waals surface area contributed by atoms with Crippen LogP contribution in [0.4, 0.5) is 26.5 Å². The summed E-state index contributed by atoms with van der Waals surface area (Å²) in [6.07, 6.45) is 1.13. The Balaban J connectivity index is 1.64. The summed E-state index contributed by atoms with van der Waals surface area (Å²) < 4.78 is 33.0. The lowest BCUT2D eigenvalue weighted by atomic mass is 10.00. The van der Waals surface area contributed by atoms with Gasteiger partial charge in [-0.1, -0.05) is 12.1 Å². The number of nitriles is 1. The van der Waals surface area contributed by atoms with Crippen LogP contribution in [0.1, 0.15) is 44.9 Å². The van der Waals surface area contributed by atoms with E-state index in [4.69, 9.17) is 14.2 Å². The summed E-state index contributed by atoms with van der Waals surface area (Å²) in [5.41, 5.74) is 1.64. The molecule has 0 bridgehead atoms. The first kappa shape index (κ1) is 31.1. The number of benzene rings is 2. The van der Waals surface area contributed by atoms with Crippen LogP contribution >= 0.6 is 0 Å². The molecule has 0 saturated heterocycles. The third-order valence-electron chi connectivity index (χ3n) is 6.52. The van der Waals surface area contributed by atoms with E-state index in [1.54, 1.807) is 60.2 Å². The lowest BCUT2D eigenvalue weighted by Gasteiger charge is -2.29. The molecule has 0 saturated carbocycles. The molecule has 2 atom stereocenters. The fourth-order valence-electron chi connectivity index (χ4n) is 4.46. The van der Waals surface area contributed by atoms with Gasteiger partial charge in [0.2, 0.25) is 0 Å². The van der Waals surface area contributed by atoms with Crippen molar-refractivity contribution in [1.29, 1.82) is 5.26 Å². The highest BCUT2D eigenvalue weighted by molar-refractivity contribution is 5.83. The second-order valence-electron chi connectivity index (χ2n) is 10.9. The molecule has 0 unspecified atom stereocenters. The summed E-state index contributed by atoms with van der Waals surface area (Å²) in [5, 5.41) is 24.1. The number of ether oxygens (including phenoxy) is 3. The Kier molecular flexibility index (Phi) is 9.67. The van der Waals surface area contributed by atoms with Crippen LogP contribution in [0, 0.1) is 17.1 Å². The minimum Gasteiger partial charge on any atom is -0.497 e. The first-order chi connectivity index (χ1) is 20.5. The van der Waals surface area contributed by atoms with Gasteiger partial charge in [-0.3, -0.25) is 4.68 Å². The first-order valence-electron chi connectivity index (χ1n) is 13.7. The number of rotatable bonds is 11. The molecule has 226 valence electrons. The molecule has 12 heteroatoms. The first-order valence-corrected chi connectivity index (χ1v) is 13.7. The molecule has 3 N–H and O–H groups in total. The van der Waals surface area contributed by atoms with Crippen molar-refractivity contribution in [3.63, 3.8) is 0 Å². The highest BCUT2D eigenvalue weighted by Gasteiger charge is 2.26. The Hall–Kier alpha value is -4.89. The molecule has 0 spiro atoms. The second kappa shape index (κ2) is 13.4. The smallest absolute Gasteiger partial charge is 0.407 e. The maximum Gasteiger partial charge on any atom is 0.407 e. The second-order valence-corrected chi connectivity index (χ2v) is 10.9. The molecule has 0 aliphatic heterocycles. The molecule has 4 aromatic rings. The van der Waals surface area contributed by atoms with Gasteiger partial charge in [0.05, 0.1) is 49.6 Å². The number of pyridine rings is 1. The number of alkyl carbamates (subject to hydrolysis) is 1. The van der Waals surface area contributed by atoms with Gasteiger partial charge in [-0.15, -0.1) is 0 Å². The van der Waals surface area contributed by atoms with Crippen molar-refractivity contribution in [3.05, 3.63) is 71.7 Å². The molecule has 0 radical (unpaired) electrons. The molecule has 2 heterocycles. The van der Waals surface area contributed by atoms with Crippen molar-refractivity contribution >= 4 is 34.3 Å². The fraction of sp³-hybridized carbons (Fsp3) is 0.355. The number of hydrogen-bond acceptors (Lipinski definition) is 9. The molecule has 43 heavy (non-hydrogen) atoms. The molecule has 11 nitrogen and oxygen atoms in total. The predicted octanol–water partition coefficient (Wildman–Crippen LogP) is 5.91. The monoisotopic (exact) mass is 589 g/mol. The minimum absolute atomic E-state index is 0.0277. The van der Waals surface area contributed by atoms with Crippen LogP contribution in [0.5, 0.6) is 5.75 Å². The molecular formula is C31H36FN7O4. The summed E-state index contributed by atoms with van der Waals surface area (Å²) in [4.78, 5) is 17.0. The molecular weight excluding hydrogens is 553 g/mol. The molecule has 4 rings (SSSR count). The lowest BCUT2D eigenvalue weighted by Crippen LogP contribution is -2.42. The van der Waals surface area contributed by atoms with E-state index in [1.807, 2.05) is 41.1 Å². The van der Waals surface area contributed by atoms with Crippen molar-refractivity contribution in [2.75, 3.05) is 31.5 Å². The van der Waals surface area contributed by atoms with Crippen LogP contribution in [0.15, 0.2) is 54.7 Å². The van der Waals surface area contributed by atoms with E-state index in [2.05, 4.69) is 26.0 Å². The molecule has 1 amide bonds. The van der Waals surface area contributed by atoms with Gasteiger partial charge in [0, 0.05) is 18.2 Å². The third kappa shape index (κ3) is 7.90. The zero-order valence-corrected chi connectivity index (χ0v) is 25.1. The van der Waals surface area contributed by atoms with Crippen molar-refractivity contribution in [2.24, 2.45) is 0 Å². The Labute approximate surface area is 250 Å². The standard InChI is InChI=1S/C31H36FN7O4/c1-19(35-30(40)43-31(2,3)4)27(20-7-10-24(42-6)11-8-20)37-29-25(32)16-21(17-33)28(38-29)36-23-9-12-26-22(15-23)18-34-39(26)13-14-41-5/h7-12,15-16,18-19,27H,13-14H2,1-6H3,(H,35,40)(H2,36,37,38)/t19-,27-/m0/s1. The summed E-state index contributed by atoms with van der Waals surface area (Å²) in [7, 11) is 3.20. The summed E-state index contributed by atoms with van der Waals surface area (Å²) in [6.45, 7) is 8.22. The van der Waals surface area contributed by atoms with E-state index in [0.717, 1.165) is 22.5 Å². The Morgan fingerprint density at radius 2 is 1.86 bits per heavy atom. The molecule has 0 aliphatic carbocycles. The largest absolute Gasteiger partial charge is 0.497 e. The number of fused-ring (bicyclic) bond motifs is 1. The normalized spacial score (nSPS) is 12.7. The molecule has 0 fully saturated rings. The van der Waals surface area contributed by atoms with E-state index in [9.17, 15) is 10.1 Å². The molecule has 2 aromatic carbocycles. The van der Waals surface area contributed by atoms with E-state index < -0.39 is 29.6 Å². The average Bonchev–Trinajstić information content (AvgIpc) is 3.37. The van der Waals surface area contributed by atoms with Gasteiger partial charge in [0.1, 0.15) is 17.4 Å². The molecule has 0 aliphatic rings. The number of carbonyl (C=O) groups excluding carboxylic acids is 1.